The van der Waals surface area contributed by atoms with E-state index in [4.69, 9.17) is 10.2 Å². The van der Waals surface area contributed by atoms with Crippen LogP contribution in [0.5, 0.6) is 0 Å². The SMILES string of the molecule is CC(C)C[C@H](NC(=O)c1ccc2oc(CCCc3ccccc3)nc2c1)C(N)=O. The number of aromatic nitrogens is 1. The van der Waals surface area contributed by atoms with Crippen molar-refractivity contribution in [2.75, 3.05) is 0 Å². The highest BCUT2D eigenvalue weighted by Crippen LogP contribution is 2.19. The lowest BCUT2D eigenvalue weighted by molar-refractivity contribution is -0.120. The minimum Gasteiger partial charge on any atom is -0.441 e. The number of aryl methyl sites for hydroxylation is 2. The molecule has 1 atom stereocenters. The van der Waals surface area contributed by atoms with Crippen molar-refractivity contribution in [2.45, 2.75) is 45.6 Å². The fraction of sp³-hybridized carbons (Fsp3) is 0.348. The normalized spacial score (nSPS) is 12.2. The maximum Gasteiger partial charge on any atom is 0.252 e. The molecule has 1 heterocycles. The molecule has 0 radical (unpaired) electrons. The van der Waals surface area contributed by atoms with Crippen LogP contribution in [0, 0.1) is 5.92 Å². The van der Waals surface area contributed by atoms with Crippen LogP contribution in [0.15, 0.2) is 52.9 Å². The third-order valence-corrected chi connectivity index (χ3v) is 4.75. The second-order valence-corrected chi connectivity index (χ2v) is 7.69. The van der Waals surface area contributed by atoms with Gasteiger partial charge in [0.15, 0.2) is 11.5 Å². The van der Waals surface area contributed by atoms with Gasteiger partial charge in [0.25, 0.3) is 5.91 Å². The summed E-state index contributed by atoms with van der Waals surface area (Å²) in [6.07, 6.45) is 3.11. The molecule has 3 rings (SSSR count). The van der Waals surface area contributed by atoms with E-state index in [0.29, 0.717) is 29.0 Å². The van der Waals surface area contributed by atoms with E-state index in [2.05, 4.69) is 22.4 Å². The lowest BCUT2D eigenvalue weighted by Gasteiger charge is -2.17. The Morgan fingerprint density at radius 1 is 1.10 bits per heavy atom. The zero-order valence-corrected chi connectivity index (χ0v) is 16.9. The lowest BCUT2D eigenvalue weighted by atomic mass is 10.0. The first-order valence-corrected chi connectivity index (χ1v) is 9.96. The zero-order valence-electron chi connectivity index (χ0n) is 16.9. The Kier molecular flexibility index (Phi) is 6.65. The Hall–Kier alpha value is -3.15. The van der Waals surface area contributed by atoms with Gasteiger partial charge in [0.2, 0.25) is 5.91 Å². The summed E-state index contributed by atoms with van der Waals surface area (Å²) in [5, 5.41) is 2.72. The molecular formula is C23H27N3O3. The van der Waals surface area contributed by atoms with Gasteiger partial charge < -0.3 is 15.5 Å². The minimum atomic E-state index is -0.691. The van der Waals surface area contributed by atoms with Crippen LogP contribution in [0.4, 0.5) is 0 Å². The fourth-order valence-electron chi connectivity index (χ4n) is 3.27. The van der Waals surface area contributed by atoms with Gasteiger partial charge in [0.05, 0.1) is 0 Å². The average molecular weight is 393 g/mol. The highest BCUT2D eigenvalue weighted by molar-refractivity contribution is 5.99. The Bertz CT molecular complexity index is 979. The number of nitrogens with one attached hydrogen (secondary N) is 1. The topological polar surface area (TPSA) is 98.2 Å². The largest absolute Gasteiger partial charge is 0.441 e. The van der Waals surface area contributed by atoms with Crippen molar-refractivity contribution in [1.29, 1.82) is 0 Å². The van der Waals surface area contributed by atoms with E-state index in [1.807, 2.05) is 32.0 Å². The van der Waals surface area contributed by atoms with E-state index >= 15 is 0 Å². The number of carbonyl (C=O) groups is 2. The molecule has 6 nitrogen and oxygen atoms in total. The summed E-state index contributed by atoms with van der Waals surface area (Å²) in [6, 6.07) is 14.7. The summed E-state index contributed by atoms with van der Waals surface area (Å²) in [6.45, 7) is 3.95. The van der Waals surface area contributed by atoms with Gasteiger partial charge in [-0.1, -0.05) is 44.2 Å². The molecule has 6 heteroatoms. The highest BCUT2D eigenvalue weighted by Gasteiger charge is 2.20. The van der Waals surface area contributed by atoms with Crippen molar-refractivity contribution in [3.63, 3.8) is 0 Å². The van der Waals surface area contributed by atoms with E-state index < -0.39 is 11.9 Å². The van der Waals surface area contributed by atoms with Gasteiger partial charge in [-0.15, -0.1) is 0 Å². The van der Waals surface area contributed by atoms with Gasteiger partial charge in [-0.05, 0) is 48.9 Å². The number of rotatable bonds is 9. The number of hydrogen-bond acceptors (Lipinski definition) is 4. The van der Waals surface area contributed by atoms with Gasteiger partial charge in [-0.3, -0.25) is 9.59 Å². The molecule has 29 heavy (non-hydrogen) atoms. The Morgan fingerprint density at radius 2 is 1.86 bits per heavy atom. The summed E-state index contributed by atoms with van der Waals surface area (Å²) >= 11 is 0. The summed E-state index contributed by atoms with van der Waals surface area (Å²) in [5.41, 5.74) is 8.40. The van der Waals surface area contributed by atoms with Crippen molar-refractivity contribution >= 4 is 22.9 Å². The minimum absolute atomic E-state index is 0.240. The summed E-state index contributed by atoms with van der Waals surface area (Å²) < 4.78 is 5.80. The fourth-order valence-corrected chi connectivity index (χ4v) is 3.27. The van der Waals surface area contributed by atoms with Crippen LogP contribution in [-0.2, 0) is 17.6 Å². The molecule has 2 amide bonds. The Labute approximate surface area is 170 Å². The second-order valence-electron chi connectivity index (χ2n) is 7.69. The lowest BCUT2D eigenvalue weighted by Crippen LogP contribution is -2.45. The molecule has 0 spiro atoms. The smallest absolute Gasteiger partial charge is 0.252 e. The molecule has 0 fully saturated rings. The van der Waals surface area contributed by atoms with Crippen molar-refractivity contribution in [2.24, 2.45) is 11.7 Å². The van der Waals surface area contributed by atoms with E-state index in [0.717, 1.165) is 19.3 Å². The first kappa shape index (κ1) is 20.6. The third-order valence-electron chi connectivity index (χ3n) is 4.75. The van der Waals surface area contributed by atoms with Crippen molar-refractivity contribution in [1.82, 2.24) is 10.3 Å². The zero-order chi connectivity index (χ0) is 20.8. The average Bonchev–Trinajstić information content (AvgIpc) is 3.09. The number of benzene rings is 2. The molecule has 152 valence electrons. The quantitative estimate of drug-likeness (QED) is 0.580. The van der Waals surface area contributed by atoms with Crippen LogP contribution < -0.4 is 11.1 Å². The maximum atomic E-state index is 12.5. The van der Waals surface area contributed by atoms with E-state index in [9.17, 15) is 9.59 Å². The molecule has 0 aliphatic heterocycles. The molecule has 0 bridgehead atoms. The highest BCUT2D eigenvalue weighted by atomic mass is 16.3. The molecule has 0 saturated carbocycles. The molecular weight excluding hydrogens is 366 g/mol. The van der Waals surface area contributed by atoms with Crippen LogP contribution in [0.25, 0.3) is 11.1 Å². The molecule has 2 aromatic carbocycles. The number of primary amides is 1. The van der Waals surface area contributed by atoms with Crippen LogP contribution in [-0.4, -0.2) is 22.8 Å². The predicted octanol–water partition coefficient (Wildman–Crippen LogP) is 3.63. The summed E-state index contributed by atoms with van der Waals surface area (Å²) in [7, 11) is 0. The maximum absolute atomic E-state index is 12.5. The van der Waals surface area contributed by atoms with Gasteiger partial charge in [-0.2, -0.15) is 0 Å². The number of amides is 2. The number of nitrogens with two attached hydrogens (primary N) is 1. The summed E-state index contributed by atoms with van der Waals surface area (Å²) in [5.74, 6) is 0.0211. The van der Waals surface area contributed by atoms with Crippen LogP contribution in [0.3, 0.4) is 0 Å². The summed E-state index contributed by atoms with van der Waals surface area (Å²) in [4.78, 5) is 28.7. The number of carbonyl (C=O) groups excluding carboxylic acids is 2. The second kappa shape index (κ2) is 9.37. The molecule has 3 aromatic rings. The van der Waals surface area contributed by atoms with Gasteiger partial charge >= 0.3 is 0 Å². The first-order chi connectivity index (χ1) is 13.9. The molecule has 3 N–H and O–H groups in total. The van der Waals surface area contributed by atoms with E-state index in [-0.39, 0.29) is 11.8 Å². The first-order valence-electron chi connectivity index (χ1n) is 9.96. The molecule has 1 aromatic heterocycles. The van der Waals surface area contributed by atoms with E-state index in [1.165, 1.54) is 5.56 Å². The van der Waals surface area contributed by atoms with Crippen molar-refractivity contribution < 1.29 is 14.0 Å². The van der Waals surface area contributed by atoms with Crippen LogP contribution in [0.2, 0.25) is 0 Å². The van der Waals surface area contributed by atoms with Crippen molar-refractivity contribution in [3.05, 3.63) is 65.5 Å². The van der Waals surface area contributed by atoms with Gasteiger partial charge in [0, 0.05) is 12.0 Å². The van der Waals surface area contributed by atoms with Crippen molar-refractivity contribution in [3.8, 4) is 0 Å². The number of oxazole rings is 1. The molecule has 0 unspecified atom stereocenters. The molecule has 0 aliphatic carbocycles. The monoisotopic (exact) mass is 393 g/mol. The predicted molar refractivity (Wildman–Crippen MR) is 112 cm³/mol. The third kappa shape index (κ3) is 5.67. The van der Waals surface area contributed by atoms with Gasteiger partial charge in [-0.25, -0.2) is 4.98 Å². The molecule has 0 aliphatic rings. The van der Waals surface area contributed by atoms with Gasteiger partial charge in [0.1, 0.15) is 11.6 Å². The standard InChI is InChI=1S/C23H27N3O3/c1-15(2)13-19(22(24)27)26-23(28)17-11-12-20-18(14-17)25-21(29-20)10-6-9-16-7-4-3-5-8-16/h3-5,7-8,11-12,14-15,19H,6,9-10,13H2,1-2H3,(H2,24,27)(H,26,28)/t19-/m0/s1. The van der Waals surface area contributed by atoms with Crippen LogP contribution >= 0.6 is 0 Å². The number of fused-ring (bicyclic) bond motifs is 1. The number of hydrogen-bond donors (Lipinski definition) is 2. The molecule has 0 saturated heterocycles. The Morgan fingerprint density at radius 3 is 2.55 bits per heavy atom. The van der Waals surface area contributed by atoms with Crippen LogP contribution in [0.1, 0.15) is 48.5 Å². The Balaban J connectivity index is 1.65. The van der Waals surface area contributed by atoms with E-state index in [1.54, 1.807) is 18.2 Å². The number of nitrogens with zero attached hydrogens (tertiary/aromatic N) is 1.